The molecule has 0 saturated heterocycles. The number of hydrogen-bond donors (Lipinski definition) is 1. The molecule has 0 aliphatic heterocycles. The largest absolute Gasteiger partial charge is 0.296 e. The van der Waals surface area contributed by atoms with Crippen LogP contribution in [0.4, 0.5) is 5.13 Å². The third-order valence-corrected chi connectivity index (χ3v) is 4.93. The van der Waals surface area contributed by atoms with Crippen LogP contribution in [-0.2, 0) is 0 Å². The lowest BCUT2D eigenvalue weighted by atomic mass is 10.2. The zero-order valence-electron chi connectivity index (χ0n) is 14.8. The van der Waals surface area contributed by atoms with E-state index in [9.17, 15) is 4.79 Å². The van der Waals surface area contributed by atoms with Crippen LogP contribution in [0.25, 0.3) is 28.0 Å². The van der Waals surface area contributed by atoms with Crippen LogP contribution in [0.2, 0.25) is 0 Å². The molecule has 0 aliphatic carbocycles. The predicted molar refractivity (Wildman–Crippen MR) is 108 cm³/mol. The fourth-order valence-electron chi connectivity index (χ4n) is 2.79. The number of amides is 1. The van der Waals surface area contributed by atoms with Crippen LogP contribution in [-0.4, -0.2) is 40.8 Å². The number of carbonyl (C=O) groups is 1. The van der Waals surface area contributed by atoms with Gasteiger partial charge in [-0.05, 0) is 24.3 Å². The number of carbonyl (C=O) groups excluding carboxylic acids is 1. The Morgan fingerprint density at radius 3 is 2.69 bits per heavy atom. The lowest BCUT2D eigenvalue weighted by Crippen LogP contribution is -2.16. The van der Waals surface area contributed by atoms with Crippen molar-refractivity contribution in [3.63, 3.8) is 0 Å². The molecule has 5 aromatic rings. The van der Waals surface area contributed by atoms with Gasteiger partial charge < -0.3 is 0 Å². The highest BCUT2D eigenvalue weighted by atomic mass is 32.1. The van der Waals surface area contributed by atoms with E-state index in [0.717, 1.165) is 10.9 Å². The van der Waals surface area contributed by atoms with Crippen molar-refractivity contribution in [1.29, 1.82) is 0 Å². The summed E-state index contributed by atoms with van der Waals surface area (Å²) in [5, 5.41) is 13.9. The van der Waals surface area contributed by atoms with Crippen molar-refractivity contribution in [2.45, 2.75) is 0 Å². The number of pyridine rings is 3. The van der Waals surface area contributed by atoms with Crippen molar-refractivity contribution < 1.29 is 4.79 Å². The van der Waals surface area contributed by atoms with E-state index in [2.05, 4.69) is 35.6 Å². The molecule has 0 aliphatic rings. The fraction of sp³-hybridized carbons (Fsp3) is 0. The number of hydrogen-bond acceptors (Lipinski definition) is 8. The Morgan fingerprint density at radius 2 is 1.79 bits per heavy atom. The first-order chi connectivity index (χ1) is 14.3. The Kier molecular flexibility index (Phi) is 4.22. The molecule has 0 atom stereocenters. The van der Waals surface area contributed by atoms with Gasteiger partial charge in [0.1, 0.15) is 5.69 Å². The Balaban J connectivity index is 1.39. The van der Waals surface area contributed by atoms with Gasteiger partial charge in [0.05, 0.1) is 29.3 Å². The maximum absolute atomic E-state index is 12.7. The Morgan fingerprint density at radius 1 is 0.931 bits per heavy atom. The number of nitrogens with one attached hydrogen (secondary N) is 1. The maximum atomic E-state index is 12.7. The van der Waals surface area contributed by atoms with Gasteiger partial charge in [-0.15, -0.1) is 16.4 Å². The normalized spacial score (nSPS) is 10.9. The molecule has 0 fully saturated rings. The lowest BCUT2D eigenvalue weighted by molar-refractivity contribution is 0.101. The predicted octanol–water partition coefficient (Wildman–Crippen LogP) is 2.98. The van der Waals surface area contributed by atoms with Gasteiger partial charge >= 0.3 is 0 Å². The molecule has 1 amide bonds. The van der Waals surface area contributed by atoms with E-state index in [1.165, 1.54) is 22.2 Å². The van der Waals surface area contributed by atoms with Crippen molar-refractivity contribution >= 4 is 33.3 Å². The minimum Gasteiger partial charge on any atom is -0.296 e. The topological polar surface area (TPSA) is 111 Å². The van der Waals surface area contributed by atoms with Crippen molar-refractivity contribution in [3.8, 4) is 17.1 Å². The third-order valence-electron chi connectivity index (χ3n) is 4.17. The first kappa shape index (κ1) is 17.1. The van der Waals surface area contributed by atoms with Crippen LogP contribution >= 0.6 is 11.3 Å². The van der Waals surface area contributed by atoms with E-state index in [1.54, 1.807) is 36.9 Å². The molecule has 0 aromatic carbocycles. The number of anilines is 1. The second-order valence-corrected chi connectivity index (χ2v) is 6.85. The number of fused-ring (bicyclic) bond motifs is 1. The van der Waals surface area contributed by atoms with Crippen molar-refractivity contribution in [2.24, 2.45) is 0 Å². The molecule has 10 heteroatoms. The molecule has 0 bridgehead atoms. The van der Waals surface area contributed by atoms with Gasteiger partial charge in [0.15, 0.2) is 10.8 Å². The maximum Gasteiger partial charge on any atom is 0.277 e. The summed E-state index contributed by atoms with van der Waals surface area (Å²) in [4.78, 5) is 29.8. The smallest absolute Gasteiger partial charge is 0.277 e. The van der Waals surface area contributed by atoms with E-state index in [4.69, 9.17) is 0 Å². The minimum atomic E-state index is -0.358. The summed E-state index contributed by atoms with van der Waals surface area (Å²) in [6, 6.07) is 9.25. The van der Waals surface area contributed by atoms with Gasteiger partial charge in [0.25, 0.3) is 5.91 Å². The van der Waals surface area contributed by atoms with Gasteiger partial charge in [0, 0.05) is 29.4 Å². The molecule has 9 nitrogen and oxygen atoms in total. The molecule has 29 heavy (non-hydrogen) atoms. The van der Waals surface area contributed by atoms with Gasteiger partial charge in [-0.25, -0.2) is 14.6 Å². The number of nitrogens with zero attached hydrogens (tertiary/aromatic N) is 7. The van der Waals surface area contributed by atoms with Gasteiger partial charge in [0.2, 0.25) is 0 Å². The second kappa shape index (κ2) is 7.17. The van der Waals surface area contributed by atoms with E-state index in [0.29, 0.717) is 27.9 Å². The first-order valence-electron chi connectivity index (χ1n) is 8.57. The molecule has 5 aromatic heterocycles. The summed E-state index contributed by atoms with van der Waals surface area (Å²) in [6.07, 6.45) is 8.09. The van der Waals surface area contributed by atoms with Crippen LogP contribution in [0.15, 0.2) is 66.7 Å². The SMILES string of the molecule is O=C(Nc1nc(-c2ccc3ccncc3n2)cs1)c1cnnn1-c1ccncc1. The summed E-state index contributed by atoms with van der Waals surface area (Å²) in [7, 11) is 0. The minimum absolute atomic E-state index is 0.294. The zero-order chi connectivity index (χ0) is 19.6. The molecule has 0 unspecified atom stereocenters. The number of rotatable bonds is 4. The van der Waals surface area contributed by atoms with Gasteiger partial charge in [-0.2, -0.15) is 0 Å². The van der Waals surface area contributed by atoms with Crippen LogP contribution in [0.1, 0.15) is 10.5 Å². The molecule has 140 valence electrons. The molecule has 5 heterocycles. The average Bonchev–Trinajstić information content (AvgIpc) is 3.44. The molecule has 0 spiro atoms. The van der Waals surface area contributed by atoms with E-state index in [1.807, 2.05) is 23.6 Å². The highest BCUT2D eigenvalue weighted by molar-refractivity contribution is 7.14. The quantitative estimate of drug-likeness (QED) is 0.493. The Bertz CT molecular complexity index is 1310. The number of aromatic nitrogens is 7. The standard InChI is InChI=1S/C19H12N8OS/c28-18(17-10-22-26-27(17)13-4-7-20-8-5-13)25-19-24-16(11-29-19)14-2-1-12-3-6-21-9-15(12)23-14/h1-11H,(H,24,25,28). The highest BCUT2D eigenvalue weighted by Crippen LogP contribution is 2.25. The second-order valence-electron chi connectivity index (χ2n) is 5.99. The van der Waals surface area contributed by atoms with Gasteiger partial charge in [-0.1, -0.05) is 11.3 Å². The summed E-state index contributed by atoms with van der Waals surface area (Å²) in [5.41, 5.74) is 3.16. The van der Waals surface area contributed by atoms with E-state index >= 15 is 0 Å². The summed E-state index contributed by atoms with van der Waals surface area (Å²) < 4.78 is 1.45. The van der Waals surface area contributed by atoms with Crippen LogP contribution in [0.5, 0.6) is 0 Å². The summed E-state index contributed by atoms with van der Waals surface area (Å²) in [6.45, 7) is 0. The molecule has 5 rings (SSSR count). The van der Waals surface area contributed by atoms with Crippen LogP contribution in [0, 0.1) is 0 Å². The first-order valence-corrected chi connectivity index (χ1v) is 9.45. The summed E-state index contributed by atoms with van der Waals surface area (Å²) in [5.74, 6) is -0.358. The number of thiazole rings is 1. The molecular weight excluding hydrogens is 388 g/mol. The van der Waals surface area contributed by atoms with Crippen molar-refractivity contribution in [2.75, 3.05) is 5.32 Å². The molecule has 1 N–H and O–H groups in total. The molecule has 0 radical (unpaired) electrons. The van der Waals surface area contributed by atoms with Crippen LogP contribution in [0.3, 0.4) is 0 Å². The molecule has 0 saturated carbocycles. The average molecular weight is 400 g/mol. The van der Waals surface area contributed by atoms with Gasteiger partial charge in [-0.3, -0.25) is 20.1 Å². The fourth-order valence-corrected chi connectivity index (χ4v) is 3.48. The monoisotopic (exact) mass is 400 g/mol. The van der Waals surface area contributed by atoms with Crippen LogP contribution < -0.4 is 5.32 Å². The van der Waals surface area contributed by atoms with Crippen molar-refractivity contribution in [3.05, 3.63) is 72.4 Å². The zero-order valence-corrected chi connectivity index (χ0v) is 15.6. The van der Waals surface area contributed by atoms with E-state index < -0.39 is 0 Å². The Labute approximate surface area is 168 Å². The van der Waals surface area contributed by atoms with E-state index in [-0.39, 0.29) is 5.91 Å². The molecular formula is C19H12N8OS. The van der Waals surface area contributed by atoms with Crippen molar-refractivity contribution in [1.82, 2.24) is 34.9 Å². The highest BCUT2D eigenvalue weighted by Gasteiger charge is 2.17. The third kappa shape index (κ3) is 3.32. The lowest BCUT2D eigenvalue weighted by Gasteiger charge is -2.05. The summed E-state index contributed by atoms with van der Waals surface area (Å²) >= 11 is 1.32. The Hall–Kier alpha value is -4.05.